The van der Waals surface area contributed by atoms with E-state index in [9.17, 15) is 4.79 Å². The van der Waals surface area contributed by atoms with Crippen molar-refractivity contribution in [3.63, 3.8) is 0 Å². The zero-order valence-corrected chi connectivity index (χ0v) is 22.8. The van der Waals surface area contributed by atoms with E-state index in [0.29, 0.717) is 11.7 Å². The molecule has 0 unspecified atom stereocenters. The smallest absolute Gasteiger partial charge is 0.227 e. The number of aromatic nitrogens is 5. The third kappa shape index (κ3) is 4.99. The molecule has 0 aliphatic carbocycles. The number of carbonyl (C=O) groups is 1. The van der Waals surface area contributed by atoms with Crippen molar-refractivity contribution in [2.45, 2.75) is 38.4 Å². The Morgan fingerprint density at radius 2 is 2.03 bits per heavy atom. The number of aryl methyl sites for hydroxylation is 2. The minimum absolute atomic E-state index is 0.0522. The molecule has 5 rings (SSSR count). The predicted octanol–water partition coefficient (Wildman–Crippen LogP) is 5.41. The number of rotatable bonds is 7. The van der Waals surface area contributed by atoms with Crippen molar-refractivity contribution in [2.75, 3.05) is 13.1 Å². The molecule has 2 aromatic carbocycles. The molecule has 0 radical (unpaired) electrons. The van der Waals surface area contributed by atoms with Crippen LogP contribution in [0.4, 0.5) is 4.39 Å². The number of likely N-dealkylation sites (tertiary alicyclic amines) is 1. The van der Waals surface area contributed by atoms with Crippen LogP contribution in [-0.2, 0) is 16.9 Å². The maximum atomic E-state index is 15.5. The summed E-state index contributed by atoms with van der Waals surface area (Å²) in [4.78, 5) is 18.5. The second-order valence-electron chi connectivity index (χ2n) is 9.01. The lowest BCUT2D eigenvalue weighted by Crippen LogP contribution is -2.59. The number of benzene rings is 2. The molecule has 0 N–H and O–H groups in total. The van der Waals surface area contributed by atoms with Gasteiger partial charge in [0.15, 0.2) is 5.67 Å². The molecule has 0 spiro atoms. The van der Waals surface area contributed by atoms with Gasteiger partial charge in [0.2, 0.25) is 17.6 Å². The molecule has 11 heteroatoms. The maximum Gasteiger partial charge on any atom is 0.227 e. The fourth-order valence-corrected chi connectivity index (χ4v) is 4.77. The lowest BCUT2D eigenvalue weighted by Gasteiger charge is -2.43. The molecule has 4 aromatic rings. The number of halogens is 3. The minimum Gasteiger partial charge on any atom is -0.339 e. The number of hydrogen-bond acceptors (Lipinski definition) is 6. The molecule has 1 amide bonds. The summed E-state index contributed by atoms with van der Waals surface area (Å²) in [6.45, 7) is 3.90. The zero-order chi connectivity index (χ0) is 25.4. The van der Waals surface area contributed by atoms with Crippen molar-refractivity contribution in [2.24, 2.45) is 0 Å². The molecule has 1 aliphatic heterocycles. The molecule has 1 fully saturated rings. The summed E-state index contributed by atoms with van der Waals surface area (Å²) in [6.07, 6.45) is 2.07. The van der Waals surface area contributed by atoms with E-state index in [2.05, 4.69) is 58.4 Å². The van der Waals surface area contributed by atoms with Gasteiger partial charge in [-0.15, -0.1) is 5.10 Å². The topological polar surface area (TPSA) is 89.9 Å². The maximum absolute atomic E-state index is 15.5. The summed E-state index contributed by atoms with van der Waals surface area (Å²) >= 11 is 6.92. The molecule has 2 aromatic heterocycles. The van der Waals surface area contributed by atoms with E-state index in [1.165, 1.54) is 4.90 Å². The van der Waals surface area contributed by atoms with Crippen LogP contribution in [0.1, 0.15) is 42.1 Å². The quantitative estimate of drug-likeness (QED) is 0.275. The van der Waals surface area contributed by atoms with Gasteiger partial charge in [-0.1, -0.05) is 66.5 Å². The third-order valence-corrected chi connectivity index (χ3v) is 7.75. The number of alkyl halides is 1. The number of hydrogen-bond donors (Lipinski definition) is 0. The Kier molecular flexibility index (Phi) is 6.78. The standard InChI is InChI=1S/C25H23Br2FN6O2/c1-15-10-17(6-7-20(15)27)16(2)34-12-21(30-32-34)25(28)13-33(14-25)23(35)9-8-22-29-24(31-36-22)18-4-3-5-19(26)11-18/h3-7,10-12,16H,8-9,13-14H2,1-2H3/t16-/m1/s1. The highest BCUT2D eigenvalue weighted by atomic mass is 79.9. The largest absolute Gasteiger partial charge is 0.339 e. The van der Waals surface area contributed by atoms with Crippen LogP contribution in [0.25, 0.3) is 11.4 Å². The fourth-order valence-electron chi connectivity index (χ4n) is 4.12. The van der Waals surface area contributed by atoms with Crippen molar-refractivity contribution in [1.82, 2.24) is 30.0 Å². The Morgan fingerprint density at radius 1 is 1.22 bits per heavy atom. The predicted molar refractivity (Wildman–Crippen MR) is 138 cm³/mol. The van der Waals surface area contributed by atoms with Crippen LogP contribution in [0, 0.1) is 6.92 Å². The lowest BCUT2D eigenvalue weighted by atomic mass is 9.92. The molecular formula is C25H23Br2FN6O2. The Bertz CT molecular complexity index is 1420. The first kappa shape index (κ1) is 24.8. The fraction of sp³-hybridized carbons (Fsp3) is 0.320. The Hall–Kier alpha value is -2.92. The van der Waals surface area contributed by atoms with Crippen molar-refractivity contribution in [3.8, 4) is 11.4 Å². The SMILES string of the molecule is Cc1cc([C@@H](C)n2cc(C3(F)CN(C(=O)CCc4nc(-c5cccc(Br)c5)no4)C3)nn2)ccc1Br. The molecule has 0 saturated carbocycles. The van der Waals surface area contributed by atoms with Gasteiger partial charge in [0, 0.05) is 27.4 Å². The molecule has 1 atom stereocenters. The Balaban J connectivity index is 1.16. The summed E-state index contributed by atoms with van der Waals surface area (Å²) < 4.78 is 24.3. The van der Waals surface area contributed by atoms with E-state index in [0.717, 1.165) is 25.6 Å². The van der Waals surface area contributed by atoms with Gasteiger partial charge in [0.1, 0.15) is 5.69 Å². The first-order chi connectivity index (χ1) is 17.2. The zero-order valence-electron chi connectivity index (χ0n) is 19.7. The van der Waals surface area contributed by atoms with Crippen molar-refractivity contribution in [3.05, 3.63) is 80.3 Å². The van der Waals surface area contributed by atoms with Crippen LogP contribution in [0.5, 0.6) is 0 Å². The summed E-state index contributed by atoms with van der Waals surface area (Å²) in [5.74, 6) is 0.656. The first-order valence-corrected chi connectivity index (χ1v) is 13.0. The van der Waals surface area contributed by atoms with Crippen LogP contribution in [-0.4, -0.2) is 49.0 Å². The van der Waals surface area contributed by atoms with E-state index >= 15 is 4.39 Å². The monoisotopic (exact) mass is 616 g/mol. The Labute approximate surface area is 224 Å². The van der Waals surface area contributed by atoms with Gasteiger partial charge in [-0.05, 0) is 43.2 Å². The van der Waals surface area contributed by atoms with Crippen LogP contribution >= 0.6 is 31.9 Å². The summed E-state index contributed by atoms with van der Waals surface area (Å²) in [6, 6.07) is 13.5. The lowest BCUT2D eigenvalue weighted by molar-refractivity contribution is -0.146. The average Bonchev–Trinajstić information content (AvgIpc) is 3.52. The summed E-state index contributed by atoms with van der Waals surface area (Å²) in [5.41, 5.74) is 1.51. The highest BCUT2D eigenvalue weighted by Gasteiger charge is 2.49. The van der Waals surface area contributed by atoms with Gasteiger partial charge < -0.3 is 9.42 Å². The highest BCUT2D eigenvalue weighted by Crippen LogP contribution is 2.36. The number of carbonyl (C=O) groups excluding carboxylic acids is 1. The summed E-state index contributed by atoms with van der Waals surface area (Å²) in [5, 5.41) is 12.2. The van der Waals surface area contributed by atoms with Crippen LogP contribution in [0.3, 0.4) is 0 Å². The van der Waals surface area contributed by atoms with Gasteiger partial charge in [-0.3, -0.25) is 4.79 Å². The second kappa shape index (κ2) is 9.85. The van der Waals surface area contributed by atoms with E-state index in [1.807, 2.05) is 50.2 Å². The van der Waals surface area contributed by atoms with Gasteiger partial charge in [-0.25, -0.2) is 9.07 Å². The van der Waals surface area contributed by atoms with Crippen LogP contribution in [0.2, 0.25) is 0 Å². The van der Waals surface area contributed by atoms with Crippen molar-refractivity contribution < 1.29 is 13.7 Å². The van der Waals surface area contributed by atoms with E-state index in [4.69, 9.17) is 4.52 Å². The minimum atomic E-state index is -1.71. The second-order valence-corrected chi connectivity index (χ2v) is 10.8. The molecule has 1 saturated heterocycles. The highest BCUT2D eigenvalue weighted by molar-refractivity contribution is 9.10. The molecule has 0 bridgehead atoms. The Morgan fingerprint density at radius 3 is 2.78 bits per heavy atom. The first-order valence-electron chi connectivity index (χ1n) is 11.5. The molecule has 1 aliphatic rings. The molecule has 8 nitrogen and oxygen atoms in total. The van der Waals surface area contributed by atoms with Crippen molar-refractivity contribution >= 4 is 37.8 Å². The van der Waals surface area contributed by atoms with Crippen LogP contribution in [0.15, 0.2) is 62.1 Å². The number of nitrogens with zero attached hydrogens (tertiary/aromatic N) is 6. The molecule has 3 heterocycles. The number of amides is 1. The van der Waals surface area contributed by atoms with Gasteiger partial charge in [0.05, 0.1) is 25.3 Å². The average molecular weight is 618 g/mol. The van der Waals surface area contributed by atoms with Crippen LogP contribution < -0.4 is 0 Å². The van der Waals surface area contributed by atoms with Crippen molar-refractivity contribution in [1.29, 1.82) is 0 Å². The van der Waals surface area contributed by atoms with E-state index < -0.39 is 5.67 Å². The van der Waals surface area contributed by atoms with E-state index in [-0.39, 0.29) is 43.6 Å². The van der Waals surface area contributed by atoms with Gasteiger partial charge in [-0.2, -0.15) is 4.98 Å². The molecular weight excluding hydrogens is 595 g/mol. The molecule has 36 heavy (non-hydrogen) atoms. The molecule has 186 valence electrons. The van der Waals surface area contributed by atoms with Gasteiger partial charge in [0.25, 0.3) is 0 Å². The normalized spacial score (nSPS) is 15.5. The van der Waals surface area contributed by atoms with Gasteiger partial charge >= 0.3 is 0 Å². The third-order valence-electron chi connectivity index (χ3n) is 6.37. The van der Waals surface area contributed by atoms with E-state index in [1.54, 1.807) is 10.9 Å². The summed E-state index contributed by atoms with van der Waals surface area (Å²) in [7, 11) is 0.